The molecule has 20 heavy (non-hydrogen) atoms. The van der Waals surface area contributed by atoms with Gasteiger partial charge in [-0.3, -0.25) is 0 Å². The lowest BCUT2D eigenvalue weighted by Gasteiger charge is -2.17. The highest BCUT2D eigenvalue weighted by atomic mass is 35.5. The largest absolute Gasteiger partial charge is 0.316 e. The highest BCUT2D eigenvalue weighted by Gasteiger charge is 2.35. The van der Waals surface area contributed by atoms with Gasteiger partial charge in [0.1, 0.15) is 0 Å². The van der Waals surface area contributed by atoms with E-state index in [1.54, 1.807) is 22.5 Å². The highest BCUT2D eigenvalue weighted by molar-refractivity contribution is 7.89. The fourth-order valence-electron chi connectivity index (χ4n) is 2.44. The number of hydrogen-bond donors (Lipinski definition) is 1. The Morgan fingerprint density at radius 1 is 1.30 bits per heavy atom. The highest BCUT2D eigenvalue weighted by Crippen LogP contribution is 2.29. The van der Waals surface area contributed by atoms with Gasteiger partial charge in [0.25, 0.3) is 0 Å². The van der Waals surface area contributed by atoms with E-state index in [0.717, 1.165) is 5.56 Å². The minimum absolute atomic E-state index is 0.281. The van der Waals surface area contributed by atoms with Crippen molar-refractivity contribution < 1.29 is 8.42 Å². The summed E-state index contributed by atoms with van der Waals surface area (Å²) in [5.74, 6) is 0.785. The lowest BCUT2D eigenvalue weighted by Crippen LogP contribution is -2.29. The van der Waals surface area contributed by atoms with E-state index in [1.165, 1.54) is 0 Å². The quantitative estimate of drug-likeness (QED) is 0.927. The van der Waals surface area contributed by atoms with Crippen LogP contribution in [0.3, 0.4) is 0 Å². The number of halogens is 1. The molecule has 1 heterocycles. The summed E-state index contributed by atoms with van der Waals surface area (Å²) in [5.41, 5.74) is 0.899. The first-order valence-electron chi connectivity index (χ1n) is 6.79. The Bertz CT molecular complexity index is 579. The van der Waals surface area contributed by atoms with Crippen molar-refractivity contribution in [2.24, 2.45) is 11.8 Å². The fraction of sp³-hybridized carbons (Fsp3) is 0.571. The predicted octanol–water partition coefficient (Wildman–Crippen LogP) is 2.34. The molecule has 4 nitrogen and oxygen atoms in total. The van der Waals surface area contributed by atoms with E-state index in [2.05, 4.69) is 19.2 Å². The van der Waals surface area contributed by atoms with Crippen LogP contribution in [0.1, 0.15) is 19.4 Å². The maximum Gasteiger partial charge on any atom is 0.243 e. The van der Waals surface area contributed by atoms with Crippen LogP contribution in [-0.4, -0.2) is 32.9 Å². The number of sulfonamides is 1. The van der Waals surface area contributed by atoms with E-state index in [1.807, 2.05) is 7.05 Å². The molecule has 0 saturated carbocycles. The van der Waals surface area contributed by atoms with E-state index in [4.69, 9.17) is 11.6 Å². The van der Waals surface area contributed by atoms with E-state index in [-0.39, 0.29) is 4.90 Å². The summed E-state index contributed by atoms with van der Waals surface area (Å²) in [5, 5.41) is 3.49. The Kier molecular flexibility index (Phi) is 4.74. The van der Waals surface area contributed by atoms with Gasteiger partial charge in [-0.15, -0.1) is 0 Å². The standard InChI is InChI=1S/C14H21ClN2O2S/c1-10-8-17(9-11(10)2)20(18,19)13-5-4-12(7-16-3)14(15)6-13/h4-6,10-11,16H,7-9H2,1-3H3. The summed E-state index contributed by atoms with van der Waals surface area (Å²) in [7, 11) is -1.60. The monoisotopic (exact) mass is 316 g/mol. The molecule has 0 spiro atoms. The number of benzene rings is 1. The van der Waals surface area contributed by atoms with Gasteiger partial charge < -0.3 is 5.32 Å². The summed E-state index contributed by atoms with van der Waals surface area (Å²) >= 11 is 6.16. The van der Waals surface area contributed by atoms with Crippen LogP contribution in [0.25, 0.3) is 0 Å². The molecule has 2 unspecified atom stereocenters. The van der Waals surface area contributed by atoms with Crippen LogP contribution >= 0.6 is 11.6 Å². The summed E-state index contributed by atoms with van der Waals surface area (Å²) in [6.07, 6.45) is 0. The minimum Gasteiger partial charge on any atom is -0.316 e. The Balaban J connectivity index is 2.29. The topological polar surface area (TPSA) is 49.4 Å². The molecule has 0 amide bonds. The van der Waals surface area contributed by atoms with Crippen LogP contribution in [-0.2, 0) is 16.6 Å². The van der Waals surface area contributed by atoms with Gasteiger partial charge >= 0.3 is 0 Å². The fourth-order valence-corrected chi connectivity index (χ4v) is 4.42. The van der Waals surface area contributed by atoms with Crippen molar-refractivity contribution >= 4 is 21.6 Å². The summed E-state index contributed by atoms with van der Waals surface area (Å²) in [6, 6.07) is 4.97. The van der Waals surface area contributed by atoms with Crippen LogP contribution < -0.4 is 5.32 Å². The van der Waals surface area contributed by atoms with Crippen LogP contribution in [0.15, 0.2) is 23.1 Å². The lowest BCUT2D eigenvalue weighted by atomic mass is 10.0. The molecule has 1 aliphatic heterocycles. The number of rotatable bonds is 4. The summed E-state index contributed by atoms with van der Waals surface area (Å²) in [6.45, 7) is 5.96. The lowest BCUT2D eigenvalue weighted by molar-refractivity contribution is 0.463. The average molecular weight is 317 g/mol. The molecule has 1 saturated heterocycles. The molecule has 1 aromatic carbocycles. The van der Waals surface area contributed by atoms with Crippen LogP contribution in [0.5, 0.6) is 0 Å². The van der Waals surface area contributed by atoms with Crippen molar-refractivity contribution in [1.82, 2.24) is 9.62 Å². The Hall–Kier alpha value is -0.620. The first kappa shape index (κ1) is 15.8. The number of nitrogens with zero attached hydrogens (tertiary/aromatic N) is 1. The van der Waals surface area contributed by atoms with E-state index in [0.29, 0.717) is 36.5 Å². The van der Waals surface area contributed by atoms with Gasteiger partial charge in [0.2, 0.25) is 10.0 Å². The second-order valence-corrected chi connectivity index (χ2v) is 7.91. The normalized spacial score (nSPS) is 24.2. The molecular formula is C14H21ClN2O2S. The van der Waals surface area contributed by atoms with Crippen molar-refractivity contribution in [3.8, 4) is 0 Å². The van der Waals surface area contributed by atoms with Crippen LogP contribution in [0.2, 0.25) is 5.02 Å². The van der Waals surface area contributed by atoms with Crippen molar-refractivity contribution in [2.45, 2.75) is 25.3 Å². The molecule has 0 bridgehead atoms. The smallest absolute Gasteiger partial charge is 0.243 e. The van der Waals surface area contributed by atoms with Gasteiger partial charge in [-0.1, -0.05) is 31.5 Å². The zero-order chi connectivity index (χ0) is 14.9. The van der Waals surface area contributed by atoms with Crippen molar-refractivity contribution in [1.29, 1.82) is 0 Å². The van der Waals surface area contributed by atoms with Gasteiger partial charge in [0.05, 0.1) is 4.90 Å². The van der Waals surface area contributed by atoms with Gasteiger partial charge in [-0.2, -0.15) is 4.31 Å². The SMILES string of the molecule is CNCc1ccc(S(=O)(=O)N2CC(C)C(C)C2)cc1Cl. The summed E-state index contributed by atoms with van der Waals surface area (Å²) in [4.78, 5) is 0.281. The minimum atomic E-state index is -3.43. The maximum absolute atomic E-state index is 12.6. The Labute approximate surface area is 126 Å². The average Bonchev–Trinajstić information content (AvgIpc) is 2.73. The molecule has 112 valence electrons. The second kappa shape index (κ2) is 6.02. The van der Waals surface area contributed by atoms with Crippen molar-refractivity contribution in [2.75, 3.05) is 20.1 Å². The number of hydrogen-bond acceptors (Lipinski definition) is 3. The molecule has 1 aliphatic rings. The molecule has 0 aromatic heterocycles. The molecule has 1 aromatic rings. The van der Waals surface area contributed by atoms with Crippen molar-refractivity contribution in [3.05, 3.63) is 28.8 Å². The van der Waals surface area contributed by atoms with E-state index in [9.17, 15) is 8.42 Å². The van der Waals surface area contributed by atoms with Gasteiger partial charge in [-0.25, -0.2) is 8.42 Å². The molecule has 6 heteroatoms. The van der Waals surface area contributed by atoms with Gasteiger partial charge in [-0.05, 0) is 36.6 Å². The van der Waals surface area contributed by atoms with Crippen LogP contribution in [0, 0.1) is 11.8 Å². The number of nitrogens with one attached hydrogen (secondary N) is 1. The van der Waals surface area contributed by atoms with Crippen molar-refractivity contribution in [3.63, 3.8) is 0 Å². The molecule has 2 rings (SSSR count). The van der Waals surface area contributed by atoms with Gasteiger partial charge in [0.15, 0.2) is 0 Å². The maximum atomic E-state index is 12.6. The first-order chi connectivity index (χ1) is 9.36. The zero-order valence-corrected chi connectivity index (χ0v) is 13.6. The molecule has 0 radical (unpaired) electrons. The Morgan fingerprint density at radius 3 is 2.40 bits per heavy atom. The molecule has 1 fully saturated rings. The molecule has 0 aliphatic carbocycles. The third-order valence-corrected chi connectivity index (χ3v) is 6.16. The first-order valence-corrected chi connectivity index (χ1v) is 8.61. The van der Waals surface area contributed by atoms with E-state index >= 15 is 0 Å². The third kappa shape index (κ3) is 3.01. The molecular weight excluding hydrogens is 296 g/mol. The second-order valence-electron chi connectivity index (χ2n) is 5.56. The Morgan fingerprint density at radius 2 is 1.90 bits per heavy atom. The zero-order valence-electron chi connectivity index (χ0n) is 12.1. The van der Waals surface area contributed by atoms with Crippen LogP contribution in [0.4, 0.5) is 0 Å². The molecule has 1 N–H and O–H groups in total. The molecule has 2 atom stereocenters. The predicted molar refractivity (Wildman–Crippen MR) is 81.3 cm³/mol. The third-order valence-electron chi connectivity index (χ3n) is 3.98. The summed E-state index contributed by atoms with van der Waals surface area (Å²) < 4.78 is 26.8. The van der Waals surface area contributed by atoms with E-state index < -0.39 is 10.0 Å². The van der Waals surface area contributed by atoms with Gasteiger partial charge in [0, 0.05) is 24.7 Å².